The van der Waals surface area contributed by atoms with Gasteiger partial charge >= 0.3 is 0 Å². The van der Waals surface area contributed by atoms with E-state index in [0.29, 0.717) is 29.8 Å². The Morgan fingerprint density at radius 1 is 1.32 bits per heavy atom. The number of halogens is 2. The van der Waals surface area contributed by atoms with Crippen LogP contribution in [-0.4, -0.2) is 61.3 Å². The van der Waals surface area contributed by atoms with Crippen molar-refractivity contribution < 1.29 is 24.1 Å². The van der Waals surface area contributed by atoms with E-state index in [9.17, 15) is 10.2 Å². The smallest absolute Gasteiger partial charge is 0.223 e. The zero-order valence-electron chi connectivity index (χ0n) is 19.3. The quantitative estimate of drug-likeness (QED) is 0.427. The molecule has 1 unspecified atom stereocenters. The minimum Gasteiger partial charge on any atom is -0.386 e. The van der Waals surface area contributed by atoms with Crippen LogP contribution in [0.1, 0.15) is 51.4 Å². The number of imidazole rings is 1. The molecule has 9 nitrogen and oxygen atoms in total. The molecule has 0 saturated carbocycles. The molecule has 4 N–H and O–H groups in total. The van der Waals surface area contributed by atoms with E-state index in [0.717, 1.165) is 5.56 Å². The molecule has 0 spiro atoms. The van der Waals surface area contributed by atoms with Crippen molar-refractivity contribution in [3.63, 3.8) is 0 Å². The first-order chi connectivity index (χ1) is 16.0. The maximum atomic E-state index is 15.2. The number of aliphatic hydroxyl groups excluding tert-OH is 1. The monoisotopic (exact) mass is 491 g/mol. The molecular weight excluding hydrogens is 465 g/mol. The van der Waals surface area contributed by atoms with E-state index in [1.807, 2.05) is 13.8 Å². The number of hydrogen-bond donors (Lipinski definition) is 4. The van der Waals surface area contributed by atoms with Gasteiger partial charge in [-0.25, -0.2) is 19.3 Å². The summed E-state index contributed by atoms with van der Waals surface area (Å²) in [5.41, 5.74) is 0.982. The number of aromatic nitrogens is 4. The molecule has 182 valence electrons. The Bertz CT molecular complexity index is 1240. The van der Waals surface area contributed by atoms with E-state index in [-0.39, 0.29) is 40.4 Å². The number of ether oxygens (including phenoxy) is 2. The highest BCUT2D eigenvalue weighted by Gasteiger charge is 2.43. The van der Waals surface area contributed by atoms with E-state index < -0.39 is 23.8 Å². The first kappa shape index (κ1) is 23.4. The van der Waals surface area contributed by atoms with Gasteiger partial charge in [0.15, 0.2) is 12.1 Å². The molecule has 2 saturated heterocycles. The Labute approximate surface area is 200 Å². The van der Waals surface area contributed by atoms with Crippen molar-refractivity contribution in [1.82, 2.24) is 19.9 Å². The number of rotatable bonds is 5. The second-order valence-corrected chi connectivity index (χ2v) is 10.1. The molecule has 3 aromatic rings. The van der Waals surface area contributed by atoms with Gasteiger partial charge in [-0.05, 0) is 37.8 Å². The SMILES string of the molecule is CC(C)c1c(-c2nc(NC3C[C@H]4CO[C@H](O4)[C@H]3O)ncc2Cl)cc(F)c2nc(C(C)(C)O)[nH]c12. The number of nitrogens with one attached hydrogen (secondary N) is 2. The second-order valence-electron chi connectivity index (χ2n) is 9.67. The van der Waals surface area contributed by atoms with Gasteiger partial charge in [-0.15, -0.1) is 0 Å². The van der Waals surface area contributed by atoms with Crippen molar-refractivity contribution in [3.8, 4) is 11.3 Å². The fraction of sp³-hybridized carbons (Fsp3) is 0.522. The number of anilines is 1. The predicted octanol–water partition coefficient (Wildman–Crippen LogP) is 3.45. The van der Waals surface area contributed by atoms with Crippen molar-refractivity contribution in [1.29, 1.82) is 0 Å². The summed E-state index contributed by atoms with van der Waals surface area (Å²) in [5.74, 6) is -0.0802. The first-order valence-electron chi connectivity index (χ1n) is 11.2. The molecular formula is C23H27ClFN5O4. The third-order valence-electron chi connectivity index (χ3n) is 6.21. The van der Waals surface area contributed by atoms with Crippen molar-refractivity contribution in [2.24, 2.45) is 0 Å². The molecule has 34 heavy (non-hydrogen) atoms. The van der Waals surface area contributed by atoms with Gasteiger partial charge in [-0.3, -0.25) is 0 Å². The Kier molecular flexibility index (Phi) is 5.77. The lowest BCUT2D eigenvalue weighted by Crippen LogP contribution is -2.48. The Balaban J connectivity index is 1.58. The largest absolute Gasteiger partial charge is 0.386 e. The number of H-pyrrole nitrogens is 1. The predicted molar refractivity (Wildman–Crippen MR) is 124 cm³/mol. The minimum absolute atomic E-state index is 0.0410. The first-order valence-corrected chi connectivity index (χ1v) is 11.6. The van der Waals surface area contributed by atoms with Crippen LogP contribution < -0.4 is 5.32 Å². The number of nitrogens with zero attached hydrogens (tertiary/aromatic N) is 3. The summed E-state index contributed by atoms with van der Waals surface area (Å²) in [6.07, 6.45) is 0.311. The average molecular weight is 492 g/mol. The van der Waals surface area contributed by atoms with Gasteiger partial charge < -0.3 is 30.0 Å². The molecule has 2 fully saturated rings. The second kappa shape index (κ2) is 8.39. The van der Waals surface area contributed by atoms with Crippen LogP contribution in [0, 0.1) is 5.82 Å². The maximum Gasteiger partial charge on any atom is 0.223 e. The van der Waals surface area contributed by atoms with Crippen LogP contribution in [0.25, 0.3) is 22.3 Å². The van der Waals surface area contributed by atoms with E-state index in [1.165, 1.54) is 12.3 Å². The normalized spacial score (nSPS) is 24.9. The summed E-state index contributed by atoms with van der Waals surface area (Å²) in [6.45, 7) is 7.55. The molecule has 4 atom stereocenters. The number of aromatic amines is 1. The minimum atomic E-state index is -1.27. The fourth-order valence-corrected chi connectivity index (χ4v) is 4.75. The summed E-state index contributed by atoms with van der Waals surface area (Å²) in [5, 5.41) is 24.3. The van der Waals surface area contributed by atoms with E-state index >= 15 is 4.39 Å². The van der Waals surface area contributed by atoms with Gasteiger partial charge in [0.05, 0.1) is 41.2 Å². The van der Waals surface area contributed by atoms with Crippen LogP contribution in [0.15, 0.2) is 12.3 Å². The topological polar surface area (TPSA) is 125 Å². The highest BCUT2D eigenvalue weighted by atomic mass is 35.5. The van der Waals surface area contributed by atoms with Gasteiger partial charge in [0.2, 0.25) is 5.95 Å². The van der Waals surface area contributed by atoms with E-state index in [4.69, 9.17) is 21.1 Å². The number of aliphatic hydroxyl groups is 2. The van der Waals surface area contributed by atoms with Crippen LogP contribution in [0.4, 0.5) is 10.3 Å². The fourth-order valence-electron chi connectivity index (χ4n) is 4.55. The maximum absolute atomic E-state index is 15.2. The Hall–Kier alpha value is -2.37. The zero-order valence-corrected chi connectivity index (χ0v) is 20.0. The summed E-state index contributed by atoms with van der Waals surface area (Å²) >= 11 is 6.49. The highest BCUT2D eigenvalue weighted by Crippen LogP contribution is 2.39. The molecule has 4 heterocycles. The van der Waals surface area contributed by atoms with Gasteiger partial charge in [0, 0.05) is 5.56 Å². The van der Waals surface area contributed by atoms with Gasteiger partial charge in [-0.2, -0.15) is 0 Å². The summed E-state index contributed by atoms with van der Waals surface area (Å²) in [6, 6.07) is 0.994. The van der Waals surface area contributed by atoms with Crippen molar-refractivity contribution in [2.75, 3.05) is 11.9 Å². The Morgan fingerprint density at radius 3 is 2.79 bits per heavy atom. The van der Waals surface area contributed by atoms with Crippen LogP contribution in [0.5, 0.6) is 0 Å². The van der Waals surface area contributed by atoms with Gasteiger partial charge in [0.25, 0.3) is 0 Å². The van der Waals surface area contributed by atoms with Crippen LogP contribution in [0.2, 0.25) is 5.02 Å². The molecule has 2 aliphatic heterocycles. The third kappa shape index (κ3) is 4.03. The van der Waals surface area contributed by atoms with E-state index in [2.05, 4.69) is 25.3 Å². The van der Waals surface area contributed by atoms with Gasteiger partial charge in [0.1, 0.15) is 23.0 Å². The lowest BCUT2D eigenvalue weighted by atomic mass is 9.93. The molecule has 0 aliphatic carbocycles. The summed E-state index contributed by atoms with van der Waals surface area (Å²) in [7, 11) is 0. The molecule has 1 aromatic carbocycles. The third-order valence-corrected chi connectivity index (χ3v) is 6.49. The van der Waals surface area contributed by atoms with Crippen LogP contribution in [-0.2, 0) is 15.1 Å². The molecule has 11 heteroatoms. The van der Waals surface area contributed by atoms with Crippen molar-refractivity contribution >= 4 is 28.6 Å². The van der Waals surface area contributed by atoms with Gasteiger partial charge in [-0.1, -0.05) is 25.4 Å². The standard InChI is InChI=1S/C23H27ClFN5O4/c1-9(2)15-11(6-13(25)17-18(15)29-21(28-17)23(3,4)32)16-12(24)7-26-22(30-16)27-14-5-10-8-33-20(34-10)19(14)31/h6-7,9-10,14,19-20,31-32H,5,8H2,1-4H3,(H,28,29)(H,26,27,30)/t10-,14?,19-,20+/m0/s1. The number of benzene rings is 1. The summed E-state index contributed by atoms with van der Waals surface area (Å²) in [4.78, 5) is 16.2. The van der Waals surface area contributed by atoms with E-state index in [1.54, 1.807) is 13.8 Å². The lowest BCUT2D eigenvalue weighted by molar-refractivity contribution is -0.156. The zero-order chi connectivity index (χ0) is 24.4. The molecule has 5 rings (SSSR count). The molecule has 2 aromatic heterocycles. The van der Waals surface area contributed by atoms with Crippen LogP contribution >= 0.6 is 11.6 Å². The molecule has 0 amide bonds. The number of fused-ring (bicyclic) bond motifs is 3. The molecule has 0 radical (unpaired) electrons. The Morgan fingerprint density at radius 2 is 2.09 bits per heavy atom. The van der Waals surface area contributed by atoms with Crippen LogP contribution in [0.3, 0.4) is 0 Å². The molecule has 2 aliphatic rings. The number of hydrogen-bond acceptors (Lipinski definition) is 8. The average Bonchev–Trinajstić information content (AvgIpc) is 3.38. The summed E-state index contributed by atoms with van der Waals surface area (Å²) < 4.78 is 26.2. The van der Waals surface area contributed by atoms with Crippen molar-refractivity contribution in [3.05, 3.63) is 34.5 Å². The highest BCUT2D eigenvalue weighted by molar-refractivity contribution is 6.33. The lowest BCUT2D eigenvalue weighted by Gasteiger charge is -2.32. The molecule has 2 bridgehead atoms. The van der Waals surface area contributed by atoms with Crippen molar-refractivity contribution in [2.45, 2.75) is 70.2 Å².